The minimum absolute atomic E-state index is 0.277. The predicted molar refractivity (Wildman–Crippen MR) is 110 cm³/mol. The second-order valence-corrected chi connectivity index (χ2v) is 8.17. The van der Waals surface area contributed by atoms with Crippen molar-refractivity contribution in [1.29, 1.82) is 0 Å². The summed E-state index contributed by atoms with van der Waals surface area (Å²) in [4.78, 5) is 22.0. The smallest absolute Gasteiger partial charge is 0.217 e. The average Bonchev–Trinajstić information content (AvgIpc) is 3.01. The SMILES string of the molecule is COc1ccc(-c2c(C)sc3ncnc(SCCCC(N)=O)c23)cc1OC. The second-order valence-electron chi connectivity index (χ2n) is 5.88. The van der Waals surface area contributed by atoms with Crippen molar-refractivity contribution in [3.8, 4) is 22.6 Å². The number of fused-ring (bicyclic) bond motifs is 1. The van der Waals surface area contributed by atoms with E-state index in [0.29, 0.717) is 17.9 Å². The number of nitrogens with two attached hydrogens (primary N) is 1. The summed E-state index contributed by atoms with van der Waals surface area (Å²) in [6.45, 7) is 2.08. The normalized spacial score (nSPS) is 10.9. The number of rotatable bonds is 8. The molecule has 0 bridgehead atoms. The van der Waals surface area contributed by atoms with Crippen molar-refractivity contribution in [2.24, 2.45) is 5.73 Å². The summed E-state index contributed by atoms with van der Waals surface area (Å²) in [6, 6.07) is 5.90. The molecule has 0 radical (unpaired) electrons. The van der Waals surface area contributed by atoms with E-state index in [2.05, 4.69) is 16.9 Å². The lowest BCUT2D eigenvalue weighted by Gasteiger charge is -2.11. The number of thioether (sulfide) groups is 1. The third kappa shape index (κ3) is 4.17. The molecule has 8 heteroatoms. The van der Waals surface area contributed by atoms with Crippen LogP contribution in [0, 0.1) is 6.92 Å². The van der Waals surface area contributed by atoms with Gasteiger partial charge in [0.1, 0.15) is 16.2 Å². The highest BCUT2D eigenvalue weighted by molar-refractivity contribution is 7.99. The number of primary amides is 1. The van der Waals surface area contributed by atoms with Gasteiger partial charge < -0.3 is 15.2 Å². The Balaban J connectivity index is 2.03. The van der Waals surface area contributed by atoms with Crippen molar-refractivity contribution < 1.29 is 14.3 Å². The topological polar surface area (TPSA) is 87.3 Å². The summed E-state index contributed by atoms with van der Waals surface area (Å²) in [5, 5.41) is 1.95. The van der Waals surface area contributed by atoms with Gasteiger partial charge in [-0.15, -0.1) is 23.1 Å². The number of aromatic nitrogens is 2. The fraction of sp³-hybridized carbons (Fsp3) is 0.316. The maximum atomic E-state index is 10.9. The zero-order valence-corrected chi connectivity index (χ0v) is 17.1. The fourth-order valence-corrected chi connectivity index (χ4v) is 4.91. The first-order chi connectivity index (χ1) is 13.0. The van der Waals surface area contributed by atoms with E-state index in [0.717, 1.165) is 43.4 Å². The van der Waals surface area contributed by atoms with Gasteiger partial charge in [-0.25, -0.2) is 9.97 Å². The Morgan fingerprint density at radius 1 is 1.22 bits per heavy atom. The van der Waals surface area contributed by atoms with E-state index in [1.807, 2.05) is 18.2 Å². The van der Waals surface area contributed by atoms with Gasteiger partial charge in [-0.05, 0) is 31.0 Å². The Bertz CT molecular complexity index is 972. The van der Waals surface area contributed by atoms with Crippen LogP contribution in [0.15, 0.2) is 29.6 Å². The Morgan fingerprint density at radius 3 is 2.70 bits per heavy atom. The molecule has 0 fully saturated rings. The van der Waals surface area contributed by atoms with Gasteiger partial charge in [0.15, 0.2) is 11.5 Å². The molecule has 0 aliphatic rings. The summed E-state index contributed by atoms with van der Waals surface area (Å²) >= 11 is 3.27. The molecule has 0 saturated heterocycles. The third-order valence-electron chi connectivity index (χ3n) is 4.11. The van der Waals surface area contributed by atoms with Crippen LogP contribution in [0.1, 0.15) is 17.7 Å². The van der Waals surface area contributed by atoms with Crippen LogP contribution in [0.3, 0.4) is 0 Å². The quantitative estimate of drug-likeness (QED) is 0.347. The number of carbonyl (C=O) groups is 1. The average molecular weight is 404 g/mol. The highest BCUT2D eigenvalue weighted by atomic mass is 32.2. The number of benzene rings is 1. The maximum absolute atomic E-state index is 10.9. The molecule has 3 rings (SSSR count). The molecule has 0 spiro atoms. The lowest BCUT2D eigenvalue weighted by atomic mass is 10.0. The van der Waals surface area contributed by atoms with Gasteiger partial charge in [0.05, 0.1) is 19.6 Å². The monoisotopic (exact) mass is 403 g/mol. The summed E-state index contributed by atoms with van der Waals surface area (Å²) < 4.78 is 10.8. The lowest BCUT2D eigenvalue weighted by molar-refractivity contribution is -0.118. The van der Waals surface area contributed by atoms with Gasteiger partial charge in [0.2, 0.25) is 5.91 Å². The molecule has 3 aromatic rings. The van der Waals surface area contributed by atoms with Crippen molar-refractivity contribution in [2.45, 2.75) is 24.8 Å². The number of ether oxygens (including phenoxy) is 2. The van der Waals surface area contributed by atoms with E-state index in [1.54, 1.807) is 43.6 Å². The standard InChI is InChI=1S/C19H21N3O3S2/c1-11-16(12-6-7-13(24-2)14(9-12)25-3)17-18(21-10-22-19(17)27-11)26-8-4-5-15(20)23/h6-7,9-10H,4-5,8H2,1-3H3,(H2,20,23). The first-order valence-electron chi connectivity index (χ1n) is 8.42. The molecule has 2 N–H and O–H groups in total. The molecule has 0 aliphatic heterocycles. The van der Waals surface area contributed by atoms with Crippen LogP contribution in [-0.4, -0.2) is 35.8 Å². The highest BCUT2D eigenvalue weighted by Crippen LogP contribution is 2.43. The van der Waals surface area contributed by atoms with E-state index in [-0.39, 0.29) is 5.91 Å². The lowest BCUT2D eigenvalue weighted by Crippen LogP contribution is -2.10. The molecule has 0 unspecified atom stereocenters. The molecule has 0 aliphatic carbocycles. The largest absolute Gasteiger partial charge is 0.493 e. The van der Waals surface area contributed by atoms with Crippen LogP contribution in [0.5, 0.6) is 11.5 Å². The van der Waals surface area contributed by atoms with Crippen LogP contribution in [0.4, 0.5) is 0 Å². The number of amides is 1. The summed E-state index contributed by atoms with van der Waals surface area (Å²) in [6.07, 6.45) is 2.69. The van der Waals surface area contributed by atoms with Crippen molar-refractivity contribution in [2.75, 3.05) is 20.0 Å². The molecule has 27 heavy (non-hydrogen) atoms. The molecular weight excluding hydrogens is 382 g/mol. The second kappa shape index (κ2) is 8.58. The molecule has 1 amide bonds. The van der Waals surface area contributed by atoms with Gasteiger partial charge in [-0.2, -0.15) is 0 Å². The predicted octanol–water partition coefficient (Wildman–Crippen LogP) is 4.04. The minimum Gasteiger partial charge on any atom is -0.493 e. The number of methoxy groups -OCH3 is 2. The summed E-state index contributed by atoms with van der Waals surface area (Å²) in [5.74, 6) is 1.87. The molecule has 2 heterocycles. The highest BCUT2D eigenvalue weighted by Gasteiger charge is 2.18. The Labute approximate surface area is 166 Å². The van der Waals surface area contributed by atoms with Gasteiger partial charge in [-0.1, -0.05) is 6.07 Å². The van der Waals surface area contributed by atoms with E-state index < -0.39 is 0 Å². The Morgan fingerprint density at radius 2 is 2.00 bits per heavy atom. The van der Waals surface area contributed by atoms with Gasteiger partial charge >= 0.3 is 0 Å². The molecule has 0 saturated carbocycles. The van der Waals surface area contributed by atoms with Crippen molar-refractivity contribution in [1.82, 2.24) is 9.97 Å². The van der Waals surface area contributed by atoms with E-state index >= 15 is 0 Å². The number of hydrogen-bond acceptors (Lipinski definition) is 7. The molecule has 1 aromatic carbocycles. The number of thiophene rings is 1. The van der Waals surface area contributed by atoms with Crippen molar-refractivity contribution in [3.05, 3.63) is 29.4 Å². The molecular formula is C19H21N3O3S2. The summed E-state index contributed by atoms with van der Waals surface area (Å²) in [5.41, 5.74) is 7.36. The van der Waals surface area contributed by atoms with Crippen molar-refractivity contribution >= 4 is 39.2 Å². The van der Waals surface area contributed by atoms with E-state index in [4.69, 9.17) is 15.2 Å². The van der Waals surface area contributed by atoms with Crippen LogP contribution in [-0.2, 0) is 4.79 Å². The zero-order valence-electron chi connectivity index (χ0n) is 15.4. The number of nitrogens with zero attached hydrogens (tertiary/aromatic N) is 2. The first kappa shape index (κ1) is 19.4. The van der Waals surface area contributed by atoms with Crippen LogP contribution >= 0.6 is 23.1 Å². The van der Waals surface area contributed by atoms with Gasteiger partial charge in [0.25, 0.3) is 0 Å². The van der Waals surface area contributed by atoms with Gasteiger partial charge in [-0.3, -0.25) is 4.79 Å². The molecule has 0 atom stereocenters. The third-order valence-corrected chi connectivity index (χ3v) is 6.20. The molecule has 2 aromatic heterocycles. The molecule has 142 valence electrons. The van der Waals surface area contributed by atoms with E-state index in [9.17, 15) is 4.79 Å². The first-order valence-corrected chi connectivity index (χ1v) is 10.2. The fourth-order valence-electron chi connectivity index (χ4n) is 2.88. The Hall–Kier alpha value is -2.32. The zero-order chi connectivity index (χ0) is 19.4. The van der Waals surface area contributed by atoms with Crippen LogP contribution < -0.4 is 15.2 Å². The van der Waals surface area contributed by atoms with E-state index in [1.165, 1.54) is 0 Å². The number of hydrogen-bond donors (Lipinski definition) is 1. The van der Waals surface area contributed by atoms with Gasteiger partial charge in [0, 0.05) is 22.6 Å². The van der Waals surface area contributed by atoms with Crippen molar-refractivity contribution in [3.63, 3.8) is 0 Å². The number of carbonyl (C=O) groups excluding carboxylic acids is 1. The van der Waals surface area contributed by atoms with Crippen LogP contribution in [0.2, 0.25) is 0 Å². The number of aryl methyl sites for hydroxylation is 1. The van der Waals surface area contributed by atoms with Crippen LogP contribution in [0.25, 0.3) is 21.3 Å². The Kier molecular flexibility index (Phi) is 6.18. The minimum atomic E-state index is -0.277. The summed E-state index contributed by atoms with van der Waals surface area (Å²) in [7, 11) is 3.25. The maximum Gasteiger partial charge on any atom is 0.217 e. The molecule has 6 nitrogen and oxygen atoms in total.